The van der Waals surface area contributed by atoms with Crippen molar-refractivity contribution in [2.24, 2.45) is 0 Å². The third kappa shape index (κ3) is 6.12. The summed E-state index contributed by atoms with van der Waals surface area (Å²) in [5.41, 5.74) is 4.92. The molecule has 7 heteroatoms. The van der Waals surface area contributed by atoms with E-state index < -0.39 is 0 Å². The van der Waals surface area contributed by atoms with Crippen LogP contribution in [0.1, 0.15) is 16.7 Å². The van der Waals surface area contributed by atoms with Crippen LogP contribution in [0.3, 0.4) is 0 Å². The van der Waals surface area contributed by atoms with Gasteiger partial charge in [0.15, 0.2) is 16.6 Å². The van der Waals surface area contributed by atoms with E-state index in [9.17, 15) is 4.79 Å². The Labute approximate surface area is 211 Å². The normalized spacial score (nSPS) is 10.9. The summed E-state index contributed by atoms with van der Waals surface area (Å²) in [5, 5.41) is 5.28. The lowest BCUT2D eigenvalue weighted by molar-refractivity contribution is -0.111. The molecule has 0 fully saturated rings. The van der Waals surface area contributed by atoms with Crippen molar-refractivity contribution in [3.8, 4) is 22.8 Å². The zero-order valence-corrected chi connectivity index (χ0v) is 21.2. The summed E-state index contributed by atoms with van der Waals surface area (Å²) in [7, 11) is 1.60. The van der Waals surface area contributed by atoms with Gasteiger partial charge in [-0.25, -0.2) is 4.98 Å². The van der Waals surface area contributed by atoms with Gasteiger partial charge >= 0.3 is 0 Å². The number of halogens is 1. The lowest BCUT2D eigenvalue weighted by Gasteiger charge is -2.12. The lowest BCUT2D eigenvalue weighted by Crippen LogP contribution is -2.07. The molecule has 172 valence electrons. The van der Waals surface area contributed by atoms with Gasteiger partial charge in [0.05, 0.1) is 12.8 Å². The molecular weight excluding hydrogens is 512 g/mol. The molecule has 3 aromatic carbocycles. The Balaban J connectivity index is 1.38. The second-order valence-corrected chi connectivity index (χ2v) is 9.27. The first kappa shape index (κ1) is 23.7. The number of rotatable bonds is 8. The number of nitrogens with one attached hydrogen (secondary N) is 1. The molecule has 0 unspecified atom stereocenters. The summed E-state index contributed by atoms with van der Waals surface area (Å²) in [6.45, 7) is 2.51. The minimum Gasteiger partial charge on any atom is -0.493 e. The number of amides is 1. The van der Waals surface area contributed by atoms with Gasteiger partial charge < -0.3 is 9.47 Å². The molecule has 0 radical (unpaired) electrons. The Bertz CT molecular complexity index is 1330. The second-order valence-electron chi connectivity index (χ2n) is 7.50. The average Bonchev–Trinajstić information content (AvgIpc) is 3.31. The highest BCUT2D eigenvalue weighted by Gasteiger charge is 2.09. The van der Waals surface area contributed by atoms with Gasteiger partial charge in [-0.1, -0.05) is 58.4 Å². The first-order chi connectivity index (χ1) is 16.5. The molecule has 0 saturated heterocycles. The largest absolute Gasteiger partial charge is 0.493 e. The highest BCUT2D eigenvalue weighted by molar-refractivity contribution is 9.10. The number of anilines is 1. The van der Waals surface area contributed by atoms with E-state index in [-0.39, 0.29) is 5.91 Å². The van der Waals surface area contributed by atoms with Crippen molar-refractivity contribution in [3.63, 3.8) is 0 Å². The number of aromatic nitrogens is 1. The third-order valence-electron chi connectivity index (χ3n) is 5.11. The Kier molecular flexibility index (Phi) is 7.77. The molecule has 0 aliphatic rings. The number of nitrogens with zero attached hydrogens (tertiary/aromatic N) is 1. The Morgan fingerprint density at radius 2 is 1.94 bits per heavy atom. The molecular formula is C27H23BrN2O3S. The van der Waals surface area contributed by atoms with Crippen LogP contribution < -0.4 is 14.8 Å². The molecule has 1 amide bonds. The maximum atomic E-state index is 12.4. The zero-order valence-electron chi connectivity index (χ0n) is 18.7. The van der Waals surface area contributed by atoms with E-state index in [0.29, 0.717) is 23.2 Å². The van der Waals surface area contributed by atoms with Crippen LogP contribution in [0.25, 0.3) is 17.3 Å². The molecule has 4 aromatic rings. The Hall–Kier alpha value is -3.42. The molecule has 0 spiro atoms. The number of carbonyl (C=O) groups excluding carboxylic acids is 1. The van der Waals surface area contributed by atoms with Gasteiger partial charge in [0.2, 0.25) is 5.91 Å². The number of aryl methyl sites for hydroxylation is 1. The van der Waals surface area contributed by atoms with Crippen LogP contribution in [0.2, 0.25) is 0 Å². The molecule has 1 N–H and O–H groups in total. The van der Waals surface area contributed by atoms with Gasteiger partial charge in [-0.3, -0.25) is 10.1 Å². The highest BCUT2D eigenvalue weighted by Crippen LogP contribution is 2.30. The highest BCUT2D eigenvalue weighted by atomic mass is 79.9. The van der Waals surface area contributed by atoms with E-state index in [1.807, 2.05) is 66.0 Å². The van der Waals surface area contributed by atoms with Crippen molar-refractivity contribution in [2.75, 3.05) is 12.4 Å². The van der Waals surface area contributed by atoms with Gasteiger partial charge in [0, 0.05) is 21.5 Å². The van der Waals surface area contributed by atoms with Crippen LogP contribution in [0.4, 0.5) is 5.13 Å². The van der Waals surface area contributed by atoms with Crippen molar-refractivity contribution in [1.29, 1.82) is 0 Å². The number of hydrogen-bond donors (Lipinski definition) is 1. The number of thiazole rings is 1. The van der Waals surface area contributed by atoms with Crippen LogP contribution in [0.5, 0.6) is 11.5 Å². The lowest BCUT2D eigenvalue weighted by atomic mass is 10.1. The fourth-order valence-electron chi connectivity index (χ4n) is 3.27. The molecule has 0 aliphatic heterocycles. The van der Waals surface area contributed by atoms with Crippen LogP contribution in [0, 0.1) is 6.92 Å². The van der Waals surface area contributed by atoms with Gasteiger partial charge in [0.1, 0.15) is 6.61 Å². The van der Waals surface area contributed by atoms with E-state index in [0.717, 1.165) is 26.9 Å². The minimum atomic E-state index is -0.256. The number of methoxy groups -OCH3 is 1. The Morgan fingerprint density at radius 3 is 2.74 bits per heavy atom. The summed E-state index contributed by atoms with van der Waals surface area (Å²) in [4.78, 5) is 16.9. The van der Waals surface area contributed by atoms with Crippen molar-refractivity contribution < 1.29 is 14.3 Å². The molecule has 34 heavy (non-hydrogen) atoms. The van der Waals surface area contributed by atoms with Gasteiger partial charge in [-0.2, -0.15) is 0 Å². The van der Waals surface area contributed by atoms with E-state index >= 15 is 0 Å². The smallest absolute Gasteiger partial charge is 0.250 e. The van der Waals surface area contributed by atoms with Crippen molar-refractivity contribution in [1.82, 2.24) is 4.98 Å². The van der Waals surface area contributed by atoms with Crippen LogP contribution in [0.15, 0.2) is 82.7 Å². The van der Waals surface area contributed by atoms with E-state index in [1.165, 1.54) is 23.0 Å². The fraction of sp³-hybridized carbons (Fsp3) is 0.111. The maximum absolute atomic E-state index is 12.4. The van der Waals surface area contributed by atoms with Crippen LogP contribution >= 0.6 is 27.3 Å². The van der Waals surface area contributed by atoms with Crippen molar-refractivity contribution in [3.05, 3.63) is 99.3 Å². The third-order valence-corrected chi connectivity index (χ3v) is 6.36. The molecule has 5 nitrogen and oxygen atoms in total. The first-order valence-electron chi connectivity index (χ1n) is 10.6. The summed E-state index contributed by atoms with van der Waals surface area (Å²) >= 11 is 4.85. The van der Waals surface area contributed by atoms with Gasteiger partial charge in [-0.05, 0) is 54.0 Å². The average molecular weight is 535 g/mol. The number of ether oxygens (including phenoxy) is 2. The predicted molar refractivity (Wildman–Crippen MR) is 141 cm³/mol. The summed E-state index contributed by atoms with van der Waals surface area (Å²) < 4.78 is 12.4. The van der Waals surface area contributed by atoms with E-state index in [2.05, 4.69) is 39.2 Å². The summed E-state index contributed by atoms with van der Waals surface area (Å²) in [6, 6.07) is 21.6. The van der Waals surface area contributed by atoms with Crippen molar-refractivity contribution in [2.45, 2.75) is 13.5 Å². The fourth-order valence-corrected chi connectivity index (χ4v) is 4.39. The quantitative estimate of drug-likeness (QED) is 0.244. The van der Waals surface area contributed by atoms with E-state index in [1.54, 1.807) is 13.2 Å². The van der Waals surface area contributed by atoms with Gasteiger partial charge in [0.25, 0.3) is 0 Å². The monoisotopic (exact) mass is 534 g/mol. The molecule has 4 rings (SSSR count). The number of carbonyl (C=O) groups is 1. The number of benzene rings is 3. The summed E-state index contributed by atoms with van der Waals surface area (Å²) in [5.74, 6) is 0.999. The zero-order chi connectivity index (χ0) is 23.9. The molecule has 1 heterocycles. The topological polar surface area (TPSA) is 60.5 Å². The number of hydrogen-bond acceptors (Lipinski definition) is 5. The minimum absolute atomic E-state index is 0.256. The first-order valence-corrected chi connectivity index (χ1v) is 12.2. The molecule has 0 saturated carbocycles. The molecule has 0 atom stereocenters. The molecule has 0 aliphatic carbocycles. The molecule has 1 aromatic heterocycles. The standard InChI is InChI=1S/C27H23BrN2O3S/c1-18-6-3-4-7-21(18)16-33-24-12-10-19(14-25(24)32-2)11-13-26(31)30-27-29-23(17-34-27)20-8-5-9-22(28)15-20/h3-15,17H,16H2,1-2H3,(H,29,30,31)/b13-11+. The predicted octanol–water partition coefficient (Wildman–Crippen LogP) is 7.12. The maximum Gasteiger partial charge on any atom is 0.250 e. The van der Waals surface area contributed by atoms with Crippen molar-refractivity contribution >= 4 is 44.4 Å². The SMILES string of the molecule is COc1cc(/C=C/C(=O)Nc2nc(-c3cccc(Br)c3)cs2)ccc1OCc1ccccc1C. The van der Waals surface area contributed by atoms with Gasteiger partial charge in [-0.15, -0.1) is 11.3 Å². The summed E-state index contributed by atoms with van der Waals surface area (Å²) in [6.07, 6.45) is 3.20. The Morgan fingerprint density at radius 1 is 1.09 bits per heavy atom. The second kappa shape index (κ2) is 11.1. The van der Waals surface area contributed by atoms with Crippen LogP contribution in [-0.4, -0.2) is 18.0 Å². The van der Waals surface area contributed by atoms with E-state index in [4.69, 9.17) is 9.47 Å². The molecule has 0 bridgehead atoms. The van der Waals surface area contributed by atoms with Crippen LogP contribution in [-0.2, 0) is 11.4 Å².